The zero-order chi connectivity index (χ0) is 20.5. The SMILES string of the molecule is C[C@@H]1C[C@H](Nc2ccccc2)c2ccccc2N1C(=O)c1cccc2ccccc12. The summed E-state index contributed by atoms with van der Waals surface area (Å²) in [6.45, 7) is 2.14. The second kappa shape index (κ2) is 7.68. The van der Waals surface area contributed by atoms with Crippen molar-refractivity contribution >= 4 is 28.1 Å². The minimum Gasteiger partial charge on any atom is -0.378 e. The van der Waals surface area contributed by atoms with Gasteiger partial charge in [0.15, 0.2) is 0 Å². The number of rotatable bonds is 3. The van der Waals surface area contributed by atoms with E-state index in [1.54, 1.807) is 0 Å². The Morgan fingerprint density at radius 3 is 2.40 bits per heavy atom. The average Bonchev–Trinajstić information content (AvgIpc) is 2.79. The molecule has 0 aliphatic carbocycles. The van der Waals surface area contributed by atoms with Gasteiger partial charge < -0.3 is 10.2 Å². The molecular formula is C27H24N2O. The Bertz CT molecular complexity index is 1200. The molecule has 0 radical (unpaired) electrons. The summed E-state index contributed by atoms with van der Waals surface area (Å²) in [7, 11) is 0. The molecule has 0 bridgehead atoms. The lowest BCUT2D eigenvalue weighted by molar-refractivity contribution is 0.0975. The van der Waals surface area contributed by atoms with Gasteiger partial charge in [-0.2, -0.15) is 0 Å². The first-order valence-electron chi connectivity index (χ1n) is 10.4. The number of hydrogen-bond acceptors (Lipinski definition) is 2. The second-order valence-corrected chi connectivity index (χ2v) is 7.91. The summed E-state index contributed by atoms with van der Waals surface area (Å²) in [4.78, 5) is 15.7. The minimum atomic E-state index is 0.0601. The Kier molecular flexibility index (Phi) is 4.72. The maximum atomic E-state index is 13.8. The number of carbonyl (C=O) groups is 1. The van der Waals surface area contributed by atoms with E-state index in [-0.39, 0.29) is 18.0 Å². The lowest BCUT2D eigenvalue weighted by Crippen LogP contribution is -2.44. The van der Waals surface area contributed by atoms with E-state index >= 15 is 0 Å². The third-order valence-corrected chi connectivity index (χ3v) is 5.94. The molecule has 5 rings (SSSR count). The van der Waals surface area contributed by atoms with Crippen LogP contribution in [-0.2, 0) is 0 Å². The van der Waals surface area contributed by atoms with Crippen LogP contribution in [0.3, 0.4) is 0 Å². The fourth-order valence-electron chi connectivity index (χ4n) is 4.54. The van der Waals surface area contributed by atoms with E-state index in [0.717, 1.165) is 39.7 Å². The number of anilines is 2. The van der Waals surface area contributed by atoms with Gasteiger partial charge in [-0.25, -0.2) is 0 Å². The molecule has 4 aromatic carbocycles. The molecule has 0 spiro atoms. The van der Waals surface area contributed by atoms with Gasteiger partial charge in [-0.3, -0.25) is 4.79 Å². The maximum Gasteiger partial charge on any atom is 0.259 e. The van der Waals surface area contributed by atoms with Crippen LogP contribution in [0.25, 0.3) is 10.8 Å². The fraction of sp³-hybridized carbons (Fsp3) is 0.148. The van der Waals surface area contributed by atoms with Gasteiger partial charge in [-0.15, -0.1) is 0 Å². The van der Waals surface area contributed by atoms with E-state index in [4.69, 9.17) is 0 Å². The van der Waals surface area contributed by atoms with Gasteiger partial charge in [-0.1, -0.05) is 72.8 Å². The zero-order valence-electron chi connectivity index (χ0n) is 17.0. The summed E-state index contributed by atoms with van der Waals surface area (Å²) in [5, 5.41) is 5.75. The first-order valence-corrected chi connectivity index (χ1v) is 10.4. The van der Waals surface area contributed by atoms with Crippen LogP contribution in [0.15, 0.2) is 97.1 Å². The van der Waals surface area contributed by atoms with Crippen molar-refractivity contribution in [2.75, 3.05) is 10.2 Å². The lowest BCUT2D eigenvalue weighted by atomic mass is 9.90. The molecular weight excluding hydrogens is 368 g/mol. The van der Waals surface area contributed by atoms with Crippen LogP contribution in [0.2, 0.25) is 0 Å². The first kappa shape index (κ1) is 18.4. The molecule has 2 atom stereocenters. The number of nitrogens with one attached hydrogen (secondary N) is 1. The number of benzene rings is 4. The van der Waals surface area contributed by atoms with Crippen molar-refractivity contribution < 1.29 is 4.79 Å². The standard InChI is InChI=1S/C27H24N2O/c1-19-18-25(28-21-12-3-2-4-13-21)24-15-7-8-17-26(24)29(19)27(30)23-16-9-11-20-10-5-6-14-22(20)23/h2-17,19,25,28H,18H2,1H3/t19-,25+/m1/s1. The van der Waals surface area contributed by atoms with Crippen LogP contribution in [0, 0.1) is 0 Å². The molecule has 30 heavy (non-hydrogen) atoms. The smallest absolute Gasteiger partial charge is 0.259 e. The molecule has 1 heterocycles. The van der Waals surface area contributed by atoms with Crippen molar-refractivity contribution in [3.05, 3.63) is 108 Å². The fourth-order valence-corrected chi connectivity index (χ4v) is 4.54. The predicted octanol–water partition coefficient (Wildman–Crippen LogP) is 6.43. The van der Waals surface area contributed by atoms with E-state index < -0.39 is 0 Å². The van der Waals surface area contributed by atoms with E-state index in [9.17, 15) is 4.79 Å². The summed E-state index contributed by atoms with van der Waals surface area (Å²) in [5.74, 6) is 0.0601. The monoisotopic (exact) mass is 392 g/mol. The minimum absolute atomic E-state index is 0.0601. The van der Waals surface area contributed by atoms with E-state index in [0.29, 0.717) is 0 Å². The summed E-state index contributed by atoms with van der Waals surface area (Å²) < 4.78 is 0. The van der Waals surface area contributed by atoms with Gasteiger partial charge >= 0.3 is 0 Å². The number of amides is 1. The lowest BCUT2D eigenvalue weighted by Gasteiger charge is -2.40. The highest BCUT2D eigenvalue weighted by Crippen LogP contribution is 2.40. The van der Waals surface area contributed by atoms with Gasteiger partial charge in [0.05, 0.1) is 6.04 Å². The van der Waals surface area contributed by atoms with Crippen LogP contribution < -0.4 is 10.2 Å². The van der Waals surface area contributed by atoms with E-state index in [1.807, 2.05) is 59.5 Å². The molecule has 0 aromatic heterocycles. The van der Waals surface area contributed by atoms with Crippen LogP contribution in [0.5, 0.6) is 0 Å². The molecule has 3 heteroatoms. The second-order valence-electron chi connectivity index (χ2n) is 7.91. The molecule has 0 fully saturated rings. The van der Waals surface area contributed by atoms with Crippen molar-refractivity contribution in [2.24, 2.45) is 0 Å². The van der Waals surface area contributed by atoms with Crippen molar-refractivity contribution in [1.29, 1.82) is 0 Å². The van der Waals surface area contributed by atoms with Crippen molar-refractivity contribution in [3.8, 4) is 0 Å². The molecule has 1 aliphatic rings. The van der Waals surface area contributed by atoms with Gasteiger partial charge in [0, 0.05) is 23.0 Å². The first-order chi connectivity index (χ1) is 14.7. The summed E-state index contributed by atoms with van der Waals surface area (Å²) in [5.41, 5.74) is 4.00. The Morgan fingerprint density at radius 1 is 0.833 bits per heavy atom. The number of carbonyl (C=O) groups excluding carboxylic acids is 1. The molecule has 1 N–H and O–H groups in total. The van der Waals surface area contributed by atoms with Gasteiger partial charge in [0.2, 0.25) is 0 Å². The van der Waals surface area contributed by atoms with Crippen molar-refractivity contribution in [2.45, 2.75) is 25.4 Å². The Balaban J connectivity index is 1.55. The molecule has 0 unspecified atom stereocenters. The van der Waals surface area contributed by atoms with Crippen LogP contribution >= 0.6 is 0 Å². The van der Waals surface area contributed by atoms with Gasteiger partial charge in [0.25, 0.3) is 5.91 Å². The summed E-state index contributed by atoms with van der Waals surface area (Å²) >= 11 is 0. The molecule has 1 amide bonds. The number of hydrogen-bond donors (Lipinski definition) is 1. The van der Waals surface area contributed by atoms with Crippen molar-refractivity contribution in [3.63, 3.8) is 0 Å². The third-order valence-electron chi connectivity index (χ3n) is 5.94. The molecule has 148 valence electrons. The van der Waals surface area contributed by atoms with Crippen molar-refractivity contribution in [1.82, 2.24) is 0 Å². The van der Waals surface area contributed by atoms with Gasteiger partial charge in [-0.05, 0) is 53.9 Å². The summed E-state index contributed by atoms with van der Waals surface area (Å²) in [6.07, 6.45) is 0.850. The number of nitrogens with zero attached hydrogens (tertiary/aromatic N) is 1. The molecule has 4 aromatic rings. The highest BCUT2D eigenvalue weighted by molar-refractivity contribution is 6.14. The summed E-state index contributed by atoms with van der Waals surface area (Å²) in [6, 6.07) is 32.8. The zero-order valence-corrected chi connectivity index (χ0v) is 17.0. The Labute approximate surface area is 177 Å². The predicted molar refractivity (Wildman–Crippen MR) is 124 cm³/mol. The van der Waals surface area contributed by atoms with Crippen LogP contribution in [0.1, 0.15) is 35.3 Å². The van der Waals surface area contributed by atoms with Crippen LogP contribution in [-0.4, -0.2) is 11.9 Å². The highest BCUT2D eigenvalue weighted by atomic mass is 16.2. The Morgan fingerprint density at radius 2 is 1.53 bits per heavy atom. The third kappa shape index (κ3) is 3.22. The normalized spacial score (nSPS) is 18.1. The average molecular weight is 393 g/mol. The molecule has 1 aliphatic heterocycles. The van der Waals surface area contributed by atoms with Crippen LogP contribution in [0.4, 0.5) is 11.4 Å². The Hall–Kier alpha value is -3.59. The largest absolute Gasteiger partial charge is 0.378 e. The quantitative estimate of drug-likeness (QED) is 0.435. The van der Waals surface area contributed by atoms with E-state index in [2.05, 4.69) is 54.7 Å². The molecule has 0 saturated carbocycles. The van der Waals surface area contributed by atoms with E-state index in [1.165, 1.54) is 0 Å². The highest BCUT2D eigenvalue weighted by Gasteiger charge is 2.34. The number of fused-ring (bicyclic) bond motifs is 2. The maximum absolute atomic E-state index is 13.8. The topological polar surface area (TPSA) is 32.3 Å². The molecule has 3 nitrogen and oxygen atoms in total. The van der Waals surface area contributed by atoms with Gasteiger partial charge in [0.1, 0.15) is 0 Å². The number of para-hydroxylation sites is 2. The molecule has 0 saturated heterocycles.